The highest BCUT2D eigenvalue weighted by molar-refractivity contribution is 7.98. The molecule has 0 unspecified atom stereocenters. The number of ether oxygens (including phenoxy) is 1. The highest BCUT2D eigenvalue weighted by Crippen LogP contribution is 2.24. The number of anilines is 1. The summed E-state index contributed by atoms with van der Waals surface area (Å²) in [4.78, 5) is 26.4. The molecular formula is C18H23N5O2S. The Labute approximate surface area is 157 Å². The number of rotatable bonds is 6. The maximum atomic E-state index is 11.2. The SMILES string of the molecule is CSc1nc(C)cc(N2CCC(COc3ccnc(C(N)=O)c3)CC2)n1. The average Bonchev–Trinajstić information content (AvgIpc) is 2.66. The summed E-state index contributed by atoms with van der Waals surface area (Å²) in [6.07, 6.45) is 5.60. The Kier molecular flexibility index (Phi) is 5.92. The highest BCUT2D eigenvalue weighted by atomic mass is 32.2. The summed E-state index contributed by atoms with van der Waals surface area (Å²) in [5, 5.41) is 0.813. The van der Waals surface area contributed by atoms with Gasteiger partial charge in [0, 0.05) is 37.1 Å². The molecule has 1 fully saturated rings. The van der Waals surface area contributed by atoms with Crippen LogP contribution in [0.1, 0.15) is 29.0 Å². The third-order valence-corrected chi connectivity index (χ3v) is 4.96. The number of nitrogens with zero attached hydrogens (tertiary/aromatic N) is 4. The number of primary amides is 1. The summed E-state index contributed by atoms with van der Waals surface area (Å²) < 4.78 is 5.84. The number of thioether (sulfide) groups is 1. The predicted octanol–water partition coefficient (Wildman–Crippen LogP) is 2.30. The largest absolute Gasteiger partial charge is 0.493 e. The van der Waals surface area contributed by atoms with E-state index in [1.165, 1.54) is 0 Å². The van der Waals surface area contributed by atoms with Crippen LogP contribution in [0.15, 0.2) is 29.6 Å². The lowest BCUT2D eigenvalue weighted by atomic mass is 9.98. The second kappa shape index (κ2) is 8.35. The standard InChI is InChI=1S/C18H23N5O2S/c1-12-9-16(22-18(21-12)26-2)23-7-4-13(5-8-23)11-25-14-3-6-20-15(10-14)17(19)24/h3,6,9-10,13H,4-5,7-8,11H2,1-2H3,(H2,19,24). The van der Waals surface area contributed by atoms with Crippen LogP contribution in [0.2, 0.25) is 0 Å². The minimum Gasteiger partial charge on any atom is -0.493 e. The van der Waals surface area contributed by atoms with Crippen LogP contribution in [0, 0.1) is 12.8 Å². The molecule has 3 heterocycles. The fourth-order valence-corrected chi connectivity index (χ4v) is 3.38. The van der Waals surface area contributed by atoms with Crippen molar-refractivity contribution < 1.29 is 9.53 Å². The van der Waals surface area contributed by atoms with Gasteiger partial charge in [-0.3, -0.25) is 9.78 Å². The highest BCUT2D eigenvalue weighted by Gasteiger charge is 2.21. The number of amides is 1. The van der Waals surface area contributed by atoms with E-state index in [9.17, 15) is 4.79 Å². The molecule has 0 spiro atoms. The van der Waals surface area contributed by atoms with E-state index in [1.54, 1.807) is 30.1 Å². The van der Waals surface area contributed by atoms with Crippen molar-refractivity contribution in [2.75, 3.05) is 30.9 Å². The molecular weight excluding hydrogens is 350 g/mol. The lowest BCUT2D eigenvalue weighted by Crippen LogP contribution is -2.36. The van der Waals surface area contributed by atoms with Gasteiger partial charge in [0.15, 0.2) is 5.16 Å². The molecule has 0 aromatic carbocycles. The number of piperidine rings is 1. The van der Waals surface area contributed by atoms with Crippen molar-refractivity contribution in [3.63, 3.8) is 0 Å². The van der Waals surface area contributed by atoms with Crippen molar-refractivity contribution in [3.8, 4) is 5.75 Å². The first kappa shape index (κ1) is 18.4. The maximum absolute atomic E-state index is 11.2. The zero-order valence-corrected chi connectivity index (χ0v) is 15.8. The van der Waals surface area contributed by atoms with Crippen LogP contribution in [0.25, 0.3) is 0 Å². The van der Waals surface area contributed by atoms with Gasteiger partial charge in [0.1, 0.15) is 17.3 Å². The van der Waals surface area contributed by atoms with Gasteiger partial charge in [-0.05, 0) is 38.0 Å². The summed E-state index contributed by atoms with van der Waals surface area (Å²) in [6.45, 7) is 4.51. The van der Waals surface area contributed by atoms with E-state index in [0.717, 1.165) is 42.6 Å². The number of carbonyl (C=O) groups is 1. The lowest BCUT2D eigenvalue weighted by Gasteiger charge is -2.32. The number of carbonyl (C=O) groups excluding carboxylic acids is 1. The van der Waals surface area contributed by atoms with E-state index in [-0.39, 0.29) is 5.69 Å². The van der Waals surface area contributed by atoms with Gasteiger partial charge >= 0.3 is 0 Å². The van der Waals surface area contributed by atoms with Crippen molar-refractivity contribution in [2.45, 2.75) is 24.9 Å². The van der Waals surface area contributed by atoms with Crippen LogP contribution in [0.3, 0.4) is 0 Å². The molecule has 1 saturated heterocycles. The fourth-order valence-electron chi connectivity index (χ4n) is 2.96. The van der Waals surface area contributed by atoms with Crippen LogP contribution in [0.4, 0.5) is 5.82 Å². The van der Waals surface area contributed by atoms with Gasteiger partial charge in [-0.15, -0.1) is 0 Å². The minimum atomic E-state index is -0.548. The molecule has 3 rings (SSSR count). The van der Waals surface area contributed by atoms with Gasteiger partial charge in [-0.2, -0.15) is 0 Å². The van der Waals surface area contributed by atoms with Crippen LogP contribution in [0.5, 0.6) is 5.75 Å². The first-order valence-electron chi connectivity index (χ1n) is 8.58. The third kappa shape index (κ3) is 4.63. The predicted molar refractivity (Wildman–Crippen MR) is 102 cm³/mol. The summed E-state index contributed by atoms with van der Waals surface area (Å²) >= 11 is 1.56. The first-order chi connectivity index (χ1) is 12.5. The van der Waals surface area contributed by atoms with Crippen molar-refractivity contribution in [2.24, 2.45) is 11.7 Å². The Morgan fingerprint density at radius 1 is 1.35 bits per heavy atom. The molecule has 1 aliphatic rings. The zero-order chi connectivity index (χ0) is 18.5. The normalized spacial score (nSPS) is 15.1. The van der Waals surface area contributed by atoms with Crippen LogP contribution >= 0.6 is 11.8 Å². The Balaban J connectivity index is 1.53. The zero-order valence-electron chi connectivity index (χ0n) is 15.0. The average molecular weight is 373 g/mol. The molecule has 1 amide bonds. The number of pyridine rings is 1. The molecule has 26 heavy (non-hydrogen) atoms. The smallest absolute Gasteiger partial charge is 0.267 e. The second-order valence-corrected chi connectivity index (χ2v) is 7.11. The molecule has 2 aromatic heterocycles. The number of aromatic nitrogens is 3. The van der Waals surface area contributed by atoms with Gasteiger partial charge in [0.05, 0.1) is 6.61 Å². The quantitative estimate of drug-likeness (QED) is 0.613. The molecule has 0 atom stereocenters. The Bertz CT molecular complexity index is 778. The molecule has 2 aromatic rings. The number of hydrogen-bond donors (Lipinski definition) is 1. The molecule has 0 bridgehead atoms. The van der Waals surface area contributed by atoms with E-state index in [1.807, 2.05) is 19.2 Å². The number of nitrogens with two attached hydrogens (primary N) is 1. The first-order valence-corrected chi connectivity index (χ1v) is 9.81. The van der Waals surface area contributed by atoms with E-state index < -0.39 is 5.91 Å². The van der Waals surface area contributed by atoms with Crippen molar-refractivity contribution >= 4 is 23.5 Å². The minimum absolute atomic E-state index is 0.223. The number of hydrogen-bond acceptors (Lipinski definition) is 7. The van der Waals surface area contributed by atoms with Gasteiger partial charge in [-0.25, -0.2) is 9.97 Å². The van der Waals surface area contributed by atoms with E-state index >= 15 is 0 Å². The van der Waals surface area contributed by atoms with Crippen LogP contribution in [-0.2, 0) is 0 Å². The van der Waals surface area contributed by atoms with Crippen molar-refractivity contribution in [3.05, 3.63) is 35.8 Å². The topological polar surface area (TPSA) is 94.2 Å². The summed E-state index contributed by atoms with van der Waals surface area (Å²) in [6, 6.07) is 5.37. The van der Waals surface area contributed by atoms with Gasteiger partial charge < -0.3 is 15.4 Å². The van der Waals surface area contributed by atoms with Gasteiger partial charge in [-0.1, -0.05) is 11.8 Å². The summed E-state index contributed by atoms with van der Waals surface area (Å²) in [5.74, 6) is 1.56. The third-order valence-electron chi connectivity index (χ3n) is 4.41. The van der Waals surface area contributed by atoms with Crippen LogP contribution in [-0.4, -0.2) is 46.8 Å². The van der Waals surface area contributed by atoms with E-state index in [4.69, 9.17) is 10.5 Å². The lowest BCUT2D eigenvalue weighted by molar-refractivity contribution is 0.0995. The van der Waals surface area contributed by atoms with Gasteiger partial charge in [0.2, 0.25) is 0 Å². The molecule has 0 radical (unpaired) electrons. The van der Waals surface area contributed by atoms with E-state index in [0.29, 0.717) is 18.3 Å². The Hall–Kier alpha value is -2.35. The second-order valence-electron chi connectivity index (χ2n) is 6.34. The molecule has 2 N–H and O–H groups in total. The maximum Gasteiger partial charge on any atom is 0.267 e. The Morgan fingerprint density at radius 2 is 2.12 bits per heavy atom. The molecule has 7 nitrogen and oxygen atoms in total. The summed E-state index contributed by atoms with van der Waals surface area (Å²) in [7, 11) is 0. The van der Waals surface area contributed by atoms with Crippen molar-refractivity contribution in [1.29, 1.82) is 0 Å². The molecule has 0 saturated carbocycles. The number of aryl methyl sites for hydroxylation is 1. The molecule has 138 valence electrons. The van der Waals surface area contributed by atoms with Gasteiger partial charge in [0.25, 0.3) is 5.91 Å². The monoisotopic (exact) mass is 373 g/mol. The van der Waals surface area contributed by atoms with Crippen LogP contribution < -0.4 is 15.4 Å². The fraction of sp³-hybridized carbons (Fsp3) is 0.444. The summed E-state index contributed by atoms with van der Waals surface area (Å²) in [5.41, 5.74) is 6.47. The molecule has 1 aliphatic heterocycles. The van der Waals surface area contributed by atoms with Crippen molar-refractivity contribution in [1.82, 2.24) is 15.0 Å². The molecule has 8 heteroatoms. The van der Waals surface area contributed by atoms with E-state index in [2.05, 4.69) is 19.9 Å². The Morgan fingerprint density at radius 3 is 2.81 bits per heavy atom. The molecule has 0 aliphatic carbocycles.